The van der Waals surface area contributed by atoms with Gasteiger partial charge in [-0.05, 0) is 114 Å². The third kappa shape index (κ3) is 3.75. The molecule has 186 valence electrons. The Labute approximate surface area is 219 Å². The molecule has 1 N–H and O–H groups in total. The van der Waals surface area contributed by atoms with Crippen LogP contribution < -0.4 is 4.90 Å². The Kier molecular flexibility index (Phi) is 5.18. The summed E-state index contributed by atoms with van der Waals surface area (Å²) in [5, 5.41) is 0. The Balaban J connectivity index is 1.32. The molecule has 0 spiro atoms. The standard InChI is InChI=1S/C33H34N4/c1-33(2)20-26(30(34-3)32-35-28-10-4-5-11-29(28)36-32)19-25-16-21(12-13-27(25)33)24-17-22-8-6-14-37-15-7-9-23(18-24)31(22)37/h4-5,10-11,16-19,27H,6-9,12-15,20H2,1-2H3,(H,35,36). The maximum Gasteiger partial charge on any atom is 0.231 e. The average Bonchev–Trinajstić information content (AvgIpc) is 3.32. The first-order valence-corrected chi connectivity index (χ1v) is 13.9. The fourth-order valence-corrected chi connectivity index (χ4v) is 7.40. The van der Waals surface area contributed by atoms with Gasteiger partial charge in [-0.25, -0.2) is 9.83 Å². The minimum atomic E-state index is 0.103. The highest BCUT2D eigenvalue weighted by Crippen LogP contribution is 2.51. The van der Waals surface area contributed by atoms with Crippen LogP contribution in [0.1, 0.15) is 68.5 Å². The molecule has 4 nitrogen and oxygen atoms in total. The van der Waals surface area contributed by atoms with Gasteiger partial charge in [-0.3, -0.25) is 0 Å². The van der Waals surface area contributed by atoms with E-state index >= 15 is 0 Å². The summed E-state index contributed by atoms with van der Waals surface area (Å²) in [7, 11) is 0. The molecule has 0 amide bonds. The van der Waals surface area contributed by atoms with E-state index < -0.39 is 0 Å². The van der Waals surface area contributed by atoms with E-state index in [0.717, 1.165) is 29.4 Å². The number of nitrogens with zero attached hydrogens (tertiary/aromatic N) is 3. The lowest BCUT2D eigenvalue weighted by atomic mass is 9.62. The van der Waals surface area contributed by atoms with Gasteiger partial charge in [0, 0.05) is 18.8 Å². The highest BCUT2D eigenvalue weighted by molar-refractivity contribution is 5.82. The molecule has 4 aliphatic rings. The predicted molar refractivity (Wildman–Crippen MR) is 152 cm³/mol. The first-order chi connectivity index (χ1) is 18.0. The van der Waals surface area contributed by atoms with Crippen LogP contribution in [0.4, 0.5) is 5.69 Å². The van der Waals surface area contributed by atoms with Crippen LogP contribution in [-0.2, 0) is 12.8 Å². The van der Waals surface area contributed by atoms with Gasteiger partial charge in [-0.15, -0.1) is 0 Å². The van der Waals surface area contributed by atoms with Crippen molar-refractivity contribution in [1.82, 2.24) is 9.97 Å². The SMILES string of the molecule is [C-]#[N+]C(=C1C=C2C=C(c3cc4c5c(c3)CCCN5CCC4)CCC2C(C)(C)C1)c1nc2ccccc2[nH]1. The second kappa shape index (κ2) is 8.48. The Morgan fingerprint density at radius 2 is 1.81 bits per heavy atom. The summed E-state index contributed by atoms with van der Waals surface area (Å²) in [4.78, 5) is 14.8. The molecule has 2 aliphatic heterocycles. The molecule has 1 unspecified atom stereocenters. The summed E-state index contributed by atoms with van der Waals surface area (Å²) < 4.78 is 0. The van der Waals surface area contributed by atoms with Gasteiger partial charge >= 0.3 is 0 Å². The number of allylic oxidation sites excluding steroid dienone is 5. The number of para-hydroxylation sites is 2. The van der Waals surface area contributed by atoms with E-state index in [2.05, 4.69) is 52.9 Å². The molecular formula is C33H34N4. The van der Waals surface area contributed by atoms with Crippen LogP contribution in [0.3, 0.4) is 0 Å². The number of benzene rings is 2. The van der Waals surface area contributed by atoms with Crippen LogP contribution in [-0.4, -0.2) is 23.1 Å². The summed E-state index contributed by atoms with van der Waals surface area (Å²) in [6.45, 7) is 15.2. The van der Waals surface area contributed by atoms with Crippen molar-refractivity contribution in [2.75, 3.05) is 18.0 Å². The zero-order valence-corrected chi connectivity index (χ0v) is 21.9. The van der Waals surface area contributed by atoms with E-state index in [1.54, 1.807) is 16.8 Å². The number of rotatable bonds is 2. The van der Waals surface area contributed by atoms with Gasteiger partial charge in [0.25, 0.3) is 0 Å². The summed E-state index contributed by atoms with van der Waals surface area (Å²) >= 11 is 0. The van der Waals surface area contributed by atoms with Crippen molar-refractivity contribution < 1.29 is 0 Å². The predicted octanol–water partition coefficient (Wildman–Crippen LogP) is 7.74. The highest BCUT2D eigenvalue weighted by Gasteiger charge is 2.38. The van der Waals surface area contributed by atoms with E-state index in [-0.39, 0.29) is 5.41 Å². The molecule has 3 heterocycles. The van der Waals surface area contributed by atoms with Crippen molar-refractivity contribution in [3.8, 4) is 0 Å². The summed E-state index contributed by atoms with van der Waals surface area (Å²) in [5.41, 5.74) is 12.7. The molecule has 3 aromatic rings. The van der Waals surface area contributed by atoms with Gasteiger partial charge in [0.05, 0.1) is 17.6 Å². The summed E-state index contributed by atoms with van der Waals surface area (Å²) in [5.74, 6) is 1.21. The Bertz CT molecular complexity index is 1490. The molecule has 4 heteroatoms. The zero-order chi connectivity index (χ0) is 25.1. The van der Waals surface area contributed by atoms with Gasteiger partial charge < -0.3 is 9.88 Å². The van der Waals surface area contributed by atoms with E-state index in [0.29, 0.717) is 17.4 Å². The van der Waals surface area contributed by atoms with Crippen LogP contribution >= 0.6 is 0 Å². The smallest absolute Gasteiger partial charge is 0.231 e. The minimum Gasteiger partial charge on any atom is -0.371 e. The van der Waals surface area contributed by atoms with Crippen LogP contribution in [0.15, 0.2) is 59.7 Å². The molecule has 0 bridgehead atoms. The van der Waals surface area contributed by atoms with Gasteiger partial charge in [0.15, 0.2) is 0 Å². The number of aromatic amines is 1. The normalized spacial score (nSPS) is 23.5. The Morgan fingerprint density at radius 1 is 1.05 bits per heavy atom. The molecular weight excluding hydrogens is 452 g/mol. The molecule has 0 saturated heterocycles. The maximum absolute atomic E-state index is 8.06. The van der Waals surface area contributed by atoms with Crippen LogP contribution in [0, 0.1) is 17.9 Å². The first-order valence-electron chi connectivity index (χ1n) is 13.9. The fourth-order valence-electron chi connectivity index (χ4n) is 7.40. The quantitative estimate of drug-likeness (QED) is 0.376. The lowest BCUT2D eigenvalue weighted by Gasteiger charge is -2.42. The third-order valence-electron chi connectivity index (χ3n) is 9.11. The van der Waals surface area contributed by atoms with Crippen LogP contribution in [0.2, 0.25) is 0 Å². The van der Waals surface area contributed by atoms with Crippen molar-refractivity contribution in [2.24, 2.45) is 11.3 Å². The average molecular weight is 487 g/mol. The highest BCUT2D eigenvalue weighted by atomic mass is 15.1. The van der Waals surface area contributed by atoms with E-state index in [4.69, 9.17) is 11.6 Å². The van der Waals surface area contributed by atoms with E-state index in [1.807, 2.05) is 24.3 Å². The molecule has 0 saturated carbocycles. The second-order valence-electron chi connectivity index (χ2n) is 12.0. The molecule has 37 heavy (non-hydrogen) atoms. The second-order valence-corrected chi connectivity index (χ2v) is 12.0. The van der Waals surface area contributed by atoms with Gasteiger partial charge in [-0.1, -0.05) is 38.1 Å². The van der Waals surface area contributed by atoms with Gasteiger partial charge in [0.1, 0.15) is 5.82 Å². The number of H-pyrrole nitrogens is 1. The van der Waals surface area contributed by atoms with Crippen LogP contribution in [0.5, 0.6) is 0 Å². The number of nitrogens with one attached hydrogen (secondary N) is 1. The first kappa shape index (κ1) is 22.6. The van der Waals surface area contributed by atoms with Crippen molar-refractivity contribution >= 4 is 28.0 Å². The monoisotopic (exact) mass is 486 g/mol. The Morgan fingerprint density at radius 3 is 2.54 bits per heavy atom. The van der Waals surface area contributed by atoms with Crippen molar-refractivity contribution in [1.29, 1.82) is 0 Å². The Hall–Kier alpha value is -3.58. The maximum atomic E-state index is 8.06. The number of anilines is 1. The number of fused-ring (bicyclic) bond motifs is 2. The van der Waals surface area contributed by atoms with Crippen molar-refractivity contribution in [2.45, 2.75) is 58.8 Å². The summed E-state index contributed by atoms with van der Waals surface area (Å²) in [6, 6.07) is 13.0. The third-order valence-corrected chi connectivity index (χ3v) is 9.11. The van der Waals surface area contributed by atoms with Crippen molar-refractivity contribution in [3.63, 3.8) is 0 Å². The number of aryl methyl sites for hydroxylation is 2. The number of imidazole rings is 1. The molecule has 2 aromatic carbocycles. The fraction of sp³-hybridized carbons (Fsp3) is 0.394. The number of hydrogen-bond donors (Lipinski definition) is 1. The lowest BCUT2D eigenvalue weighted by molar-refractivity contribution is 0.228. The number of hydrogen-bond acceptors (Lipinski definition) is 2. The van der Waals surface area contributed by atoms with Gasteiger partial charge in [0.2, 0.25) is 5.70 Å². The van der Waals surface area contributed by atoms with Crippen molar-refractivity contribution in [3.05, 3.63) is 93.6 Å². The molecule has 0 radical (unpaired) electrons. The lowest BCUT2D eigenvalue weighted by Crippen LogP contribution is -2.34. The molecule has 7 rings (SSSR count). The number of aromatic nitrogens is 2. The topological polar surface area (TPSA) is 36.3 Å². The van der Waals surface area contributed by atoms with Crippen LogP contribution in [0.25, 0.3) is 27.1 Å². The summed E-state index contributed by atoms with van der Waals surface area (Å²) in [6.07, 6.45) is 12.9. The van der Waals surface area contributed by atoms with Gasteiger partial charge in [-0.2, -0.15) is 0 Å². The largest absolute Gasteiger partial charge is 0.371 e. The molecule has 0 fully saturated rings. The molecule has 1 aromatic heterocycles. The zero-order valence-electron chi connectivity index (χ0n) is 21.9. The minimum absolute atomic E-state index is 0.103. The molecule has 2 aliphatic carbocycles. The van der Waals surface area contributed by atoms with E-state index in [9.17, 15) is 0 Å². The van der Waals surface area contributed by atoms with E-state index in [1.165, 1.54) is 61.9 Å². The molecule has 1 atom stereocenters.